The Kier molecular flexibility index (Phi) is 4.71. The molecule has 2 N–H and O–H groups in total. The van der Waals surface area contributed by atoms with Crippen LogP contribution in [-0.2, 0) is 19.1 Å². The smallest absolute Gasteiger partial charge is 0.408 e. The van der Waals surface area contributed by atoms with Gasteiger partial charge in [0.1, 0.15) is 12.1 Å². The Balaban J connectivity index is 1.12. The summed E-state index contributed by atoms with van der Waals surface area (Å²) in [4.78, 5) is 39.4. The zero-order chi connectivity index (χ0) is 23.5. The van der Waals surface area contributed by atoms with Crippen molar-refractivity contribution >= 4 is 18.0 Å². The van der Waals surface area contributed by atoms with Crippen molar-refractivity contribution in [3.63, 3.8) is 0 Å². The Morgan fingerprint density at radius 3 is 2.29 bits per heavy atom. The molecule has 0 spiro atoms. The van der Waals surface area contributed by atoms with Gasteiger partial charge in [0.05, 0.1) is 6.54 Å². The molecular formula is C26H26N2O6. The van der Waals surface area contributed by atoms with E-state index in [1.807, 2.05) is 24.3 Å². The first kappa shape index (κ1) is 21.2. The molecule has 0 bridgehead atoms. The summed E-state index contributed by atoms with van der Waals surface area (Å²) in [6, 6.07) is 16.2. The molecule has 6 rings (SSSR count). The van der Waals surface area contributed by atoms with Crippen LogP contribution < -0.4 is 5.32 Å². The Morgan fingerprint density at radius 2 is 1.71 bits per heavy atom. The van der Waals surface area contributed by atoms with E-state index in [2.05, 4.69) is 29.6 Å². The predicted octanol–water partition coefficient (Wildman–Crippen LogP) is 2.76. The fourth-order valence-electron chi connectivity index (χ4n) is 5.87. The molecule has 2 unspecified atom stereocenters. The van der Waals surface area contributed by atoms with Gasteiger partial charge in [0, 0.05) is 25.0 Å². The van der Waals surface area contributed by atoms with E-state index in [0.29, 0.717) is 32.4 Å². The van der Waals surface area contributed by atoms with Crippen LogP contribution in [0.2, 0.25) is 0 Å². The van der Waals surface area contributed by atoms with Gasteiger partial charge < -0.3 is 24.8 Å². The Bertz CT molecular complexity index is 1150. The number of carbonyl (C=O) groups is 3. The summed E-state index contributed by atoms with van der Waals surface area (Å²) >= 11 is 0. The van der Waals surface area contributed by atoms with Crippen LogP contribution in [0.3, 0.4) is 0 Å². The number of nitrogens with zero attached hydrogens (tertiary/aromatic N) is 1. The number of benzene rings is 2. The molecule has 8 heteroatoms. The number of aliphatic carboxylic acids is 1. The molecule has 0 radical (unpaired) electrons. The second-order valence-electron chi connectivity index (χ2n) is 9.75. The van der Waals surface area contributed by atoms with Crippen molar-refractivity contribution in [3.05, 3.63) is 59.7 Å². The zero-order valence-corrected chi connectivity index (χ0v) is 18.7. The minimum Gasteiger partial charge on any atom is -0.479 e. The highest BCUT2D eigenvalue weighted by Crippen LogP contribution is 2.45. The molecule has 176 valence electrons. The van der Waals surface area contributed by atoms with Gasteiger partial charge in [-0.15, -0.1) is 0 Å². The molecule has 2 amide bonds. The van der Waals surface area contributed by atoms with E-state index >= 15 is 0 Å². The Hall–Kier alpha value is -3.39. The van der Waals surface area contributed by atoms with Gasteiger partial charge in [-0.3, -0.25) is 4.79 Å². The molecule has 34 heavy (non-hydrogen) atoms. The monoisotopic (exact) mass is 462 g/mol. The van der Waals surface area contributed by atoms with E-state index in [4.69, 9.17) is 9.47 Å². The standard InChI is InChI=1S/C26H26N2O6/c29-22(28-13-16-9-12-34-26(16,15-28)23(30)31)25(10-11-25)27-24(32)33-14-21-19-7-3-1-5-17(19)18-6-2-4-8-20(18)21/h1-8,16,21H,9-15H2,(H,27,32)(H,30,31). The number of hydrogen-bond donors (Lipinski definition) is 2. The van der Waals surface area contributed by atoms with Crippen LogP contribution in [0.4, 0.5) is 4.79 Å². The van der Waals surface area contributed by atoms with E-state index in [9.17, 15) is 19.5 Å². The van der Waals surface area contributed by atoms with Crippen molar-refractivity contribution in [3.8, 4) is 11.1 Å². The minimum atomic E-state index is -1.32. The molecule has 8 nitrogen and oxygen atoms in total. The van der Waals surface area contributed by atoms with E-state index in [1.165, 1.54) is 4.90 Å². The van der Waals surface area contributed by atoms with Crippen molar-refractivity contribution in [2.75, 3.05) is 26.3 Å². The lowest BCUT2D eigenvalue weighted by atomic mass is 9.91. The van der Waals surface area contributed by atoms with Gasteiger partial charge in [0.15, 0.2) is 5.60 Å². The molecule has 2 aromatic rings. The third-order valence-electron chi connectivity index (χ3n) is 7.85. The first-order valence-corrected chi connectivity index (χ1v) is 11.7. The fraction of sp³-hybridized carbons (Fsp3) is 0.423. The topological polar surface area (TPSA) is 105 Å². The quantitative estimate of drug-likeness (QED) is 0.708. The number of alkyl carbamates (subject to hydrolysis) is 1. The first-order valence-electron chi connectivity index (χ1n) is 11.7. The molecule has 2 heterocycles. The highest BCUT2D eigenvalue weighted by Gasteiger charge is 2.62. The highest BCUT2D eigenvalue weighted by molar-refractivity contribution is 5.94. The second-order valence-corrected chi connectivity index (χ2v) is 9.75. The summed E-state index contributed by atoms with van der Waals surface area (Å²) in [6.07, 6.45) is 1.01. The number of ether oxygens (including phenoxy) is 2. The lowest BCUT2D eigenvalue weighted by molar-refractivity contribution is -0.161. The molecule has 4 aliphatic rings. The van der Waals surface area contributed by atoms with Gasteiger partial charge in [-0.2, -0.15) is 0 Å². The Morgan fingerprint density at radius 1 is 1.06 bits per heavy atom. The van der Waals surface area contributed by atoms with Crippen molar-refractivity contribution in [2.24, 2.45) is 5.92 Å². The SMILES string of the molecule is O=C(NC1(C(=O)N2CC3CCOC3(C(=O)O)C2)CC1)OCC1c2ccccc2-c2ccccc21. The molecule has 3 fully saturated rings. The number of nitrogens with one attached hydrogen (secondary N) is 1. The van der Waals surface area contributed by atoms with Crippen LogP contribution in [0.25, 0.3) is 11.1 Å². The van der Waals surface area contributed by atoms with Crippen molar-refractivity contribution in [2.45, 2.75) is 36.3 Å². The summed E-state index contributed by atoms with van der Waals surface area (Å²) in [6.45, 7) is 0.910. The number of carbonyl (C=O) groups excluding carboxylic acids is 2. The zero-order valence-electron chi connectivity index (χ0n) is 18.7. The van der Waals surface area contributed by atoms with Gasteiger partial charge >= 0.3 is 12.1 Å². The van der Waals surface area contributed by atoms with E-state index in [-0.39, 0.29) is 30.9 Å². The average Bonchev–Trinajstić information content (AvgIpc) is 3.20. The van der Waals surface area contributed by atoms with Crippen LogP contribution in [0.15, 0.2) is 48.5 Å². The number of amides is 2. The predicted molar refractivity (Wildman–Crippen MR) is 121 cm³/mol. The summed E-state index contributed by atoms with van der Waals surface area (Å²) in [7, 11) is 0. The van der Waals surface area contributed by atoms with Gasteiger partial charge in [0.25, 0.3) is 0 Å². The van der Waals surface area contributed by atoms with Gasteiger partial charge in [-0.25, -0.2) is 9.59 Å². The van der Waals surface area contributed by atoms with Crippen molar-refractivity contribution in [1.82, 2.24) is 10.2 Å². The summed E-state index contributed by atoms with van der Waals surface area (Å²) in [5, 5.41) is 12.5. The van der Waals surface area contributed by atoms with Crippen LogP contribution >= 0.6 is 0 Å². The molecule has 0 aromatic heterocycles. The number of fused-ring (bicyclic) bond motifs is 4. The molecule has 1 saturated carbocycles. The van der Waals surface area contributed by atoms with E-state index < -0.39 is 23.2 Å². The van der Waals surface area contributed by atoms with Crippen LogP contribution in [0.1, 0.15) is 36.3 Å². The lowest BCUT2D eigenvalue weighted by Crippen LogP contribution is -2.52. The summed E-state index contributed by atoms with van der Waals surface area (Å²) in [5.41, 5.74) is 2.20. The van der Waals surface area contributed by atoms with Gasteiger partial charge in [-0.05, 0) is 41.5 Å². The summed E-state index contributed by atoms with van der Waals surface area (Å²) < 4.78 is 11.2. The molecule has 2 aliphatic carbocycles. The van der Waals surface area contributed by atoms with Crippen molar-refractivity contribution < 1.29 is 29.0 Å². The number of carboxylic acid groups (broad SMARTS) is 1. The fourth-order valence-corrected chi connectivity index (χ4v) is 5.87. The maximum Gasteiger partial charge on any atom is 0.408 e. The maximum absolute atomic E-state index is 13.3. The first-order chi connectivity index (χ1) is 16.4. The summed E-state index contributed by atoms with van der Waals surface area (Å²) in [5.74, 6) is -1.56. The van der Waals surface area contributed by atoms with Crippen LogP contribution in [0.5, 0.6) is 0 Å². The number of likely N-dealkylation sites (tertiary alicyclic amines) is 1. The third kappa shape index (κ3) is 3.12. The van der Waals surface area contributed by atoms with Crippen molar-refractivity contribution in [1.29, 1.82) is 0 Å². The average molecular weight is 463 g/mol. The molecule has 2 aliphatic heterocycles. The van der Waals surface area contributed by atoms with E-state index in [1.54, 1.807) is 0 Å². The third-order valence-corrected chi connectivity index (χ3v) is 7.85. The Labute approximate surface area is 196 Å². The maximum atomic E-state index is 13.3. The number of carboxylic acids is 1. The number of rotatable bonds is 5. The minimum absolute atomic E-state index is 0.0138. The molecule has 2 saturated heterocycles. The molecule has 2 aromatic carbocycles. The highest BCUT2D eigenvalue weighted by atomic mass is 16.5. The second kappa shape index (κ2) is 7.56. The van der Waals surface area contributed by atoms with E-state index in [0.717, 1.165) is 22.3 Å². The number of hydrogen-bond acceptors (Lipinski definition) is 5. The largest absolute Gasteiger partial charge is 0.479 e. The molecular weight excluding hydrogens is 436 g/mol. The van der Waals surface area contributed by atoms with Gasteiger partial charge in [0.2, 0.25) is 5.91 Å². The van der Waals surface area contributed by atoms with Crippen LogP contribution in [0, 0.1) is 5.92 Å². The normalized spacial score (nSPS) is 25.9. The lowest BCUT2D eigenvalue weighted by Gasteiger charge is -2.26. The van der Waals surface area contributed by atoms with Gasteiger partial charge in [-0.1, -0.05) is 48.5 Å². The molecule has 2 atom stereocenters. The van der Waals surface area contributed by atoms with Crippen LogP contribution in [-0.4, -0.2) is 65.4 Å².